The van der Waals surface area contributed by atoms with Crippen LogP contribution < -0.4 is 5.32 Å². The molecule has 1 aromatic rings. The number of amides is 1. The smallest absolute Gasteiger partial charge is 0.331 e. The van der Waals surface area contributed by atoms with Gasteiger partial charge in [0.25, 0.3) is 5.91 Å². The fourth-order valence-corrected chi connectivity index (χ4v) is 4.50. The Bertz CT molecular complexity index is 795. The number of unbranched alkanes of at least 4 members (excludes halogenated alkanes) is 1. The van der Waals surface area contributed by atoms with E-state index in [1.807, 2.05) is 6.92 Å². The van der Waals surface area contributed by atoms with E-state index < -0.39 is 16.0 Å². The van der Waals surface area contributed by atoms with Crippen LogP contribution in [-0.4, -0.2) is 50.8 Å². The Morgan fingerprint density at radius 1 is 1.10 bits per heavy atom. The second-order valence-electron chi connectivity index (χ2n) is 7.03. The molecular weight excluding hydrogens is 392 g/mol. The zero-order valence-corrected chi connectivity index (χ0v) is 17.7. The zero-order valence-electron chi connectivity index (χ0n) is 16.9. The molecular formula is C21H30N2O5S. The summed E-state index contributed by atoms with van der Waals surface area (Å²) in [6.45, 7) is 3.38. The Kier molecular flexibility index (Phi) is 9.34. The van der Waals surface area contributed by atoms with E-state index in [2.05, 4.69) is 5.32 Å². The van der Waals surface area contributed by atoms with Crippen molar-refractivity contribution in [3.63, 3.8) is 0 Å². The number of hydrogen-bond donors (Lipinski definition) is 1. The molecule has 0 aromatic heterocycles. The highest BCUT2D eigenvalue weighted by atomic mass is 32.2. The summed E-state index contributed by atoms with van der Waals surface area (Å²) in [5.41, 5.74) is 0.671. The van der Waals surface area contributed by atoms with Crippen LogP contribution in [0.2, 0.25) is 0 Å². The quantitative estimate of drug-likeness (QED) is 0.375. The highest BCUT2D eigenvalue weighted by Crippen LogP contribution is 2.21. The third-order valence-corrected chi connectivity index (χ3v) is 6.61. The SMILES string of the molecule is CCCCNC(=O)COC(=O)/C=C/c1ccc(S(=O)(=O)N2CCCCCC2)cc1. The molecule has 1 heterocycles. The summed E-state index contributed by atoms with van der Waals surface area (Å²) in [6, 6.07) is 6.39. The first-order chi connectivity index (χ1) is 13.9. The molecule has 2 rings (SSSR count). The molecule has 1 aromatic carbocycles. The summed E-state index contributed by atoms with van der Waals surface area (Å²) in [7, 11) is -3.49. The Morgan fingerprint density at radius 2 is 1.76 bits per heavy atom. The lowest BCUT2D eigenvalue weighted by Gasteiger charge is -2.19. The molecule has 0 radical (unpaired) electrons. The first-order valence-corrected chi connectivity index (χ1v) is 11.6. The summed E-state index contributed by atoms with van der Waals surface area (Å²) >= 11 is 0. The van der Waals surface area contributed by atoms with Gasteiger partial charge in [0.1, 0.15) is 0 Å². The number of nitrogens with zero attached hydrogens (tertiary/aromatic N) is 1. The van der Waals surface area contributed by atoms with E-state index in [4.69, 9.17) is 4.74 Å². The number of carbonyl (C=O) groups is 2. The largest absolute Gasteiger partial charge is 0.452 e. The third kappa shape index (κ3) is 7.62. The zero-order chi connectivity index (χ0) is 21.1. The van der Waals surface area contributed by atoms with Crippen molar-refractivity contribution in [1.29, 1.82) is 0 Å². The number of sulfonamides is 1. The molecule has 0 aliphatic carbocycles. The Morgan fingerprint density at radius 3 is 2.38 bits per heavy atom. The number of benzene rings is 1. The normalized spacial score (nSPS) is 15.8. The molecule has 0 bridgehead atoms. The number of esters is 1. The summed E-state index contributed by atoms with van der Waals surface area (Å²) < 4.78 is 31.9. The van der Waals surface area contributed by atoms with E-state index in [-0.39, 0.29) is 17.4 Å². The van der Waals surface area contributed by atoms with Crippen molar-refractivity contribution in [3.8, 4) is 0 Å². The van der Waals surface area contributed by atoms with Gasteiger partial charge in [-0.05, 0) is 43.0 Å². The summed E-state index contributed by atoms with van der Waals surface area (Å²) in [5.74, 6) is -0.958. The monoisotopic (exact) mass is 422 g/mol. The van der Waals surface area contributed by atoms with E-state index >= 15 is 0 Å². The first-order valence-electron chi connectivity index (χ1n) is 10.1. The predicted octanol–water partition coefficient (Wildman–Crippen LogP) is 2.72. The Hall–Kier alpha value is -2.19. The lowest BCUT2D eigenvalue weighted by Crippen LogP contribution is -2.31. The topological polar surface area (TPSA) is 92.8 Å². The highest BCUT2D eigenvalue weighted by Gasteiger charge is 2.24. The molecule has 1 fully saturated rings. The van der Waals surface area contributed by atoms with E-state index in [1.54, 1.807) is 28.6 Å². The average Bonchev–Trinajstić information content (AvgIpc) is 3.01. The summed E-state index contributed by atoms with van der Waals surface area (Å²) in [4.78, 5) is 23.5. The second-order valence-corrected chi connectivity index (χ2v) is 8.97. The van der Waals surface area contributed by atoms with E-state index in [0.717, 1.165) is 38.5 Å². The van der Waals surface area contributed by atoms with Gasteiger partial charge in [-0.15, -0.1) is 0 Å². The minimum atomic E-state index is -3.49. The lowest BCUT2D eigenvalue weighted by molar-refractivity contribution is -0.143. The molecule has 0 saturated carbocycles. The highest BCUT2D eigenvalue weighted by molar-refractivity contribution is 7.89. The van der Waals surface area contributed by atoms with Crippen LogP contribution in [0.15, 0.2) is 35.2 Å². The molecule has 1 amide bonds. The van der Waals surface area contributed by atoms with Gasteiger partial charge in [-0.2, -0.15) is 4.31 Å². The van der Waals surface area contributed by atoms with Crippen molar-refractivity contribution in [1.82, 2.24) is 9.62 Å². The molecule has 1 N–H and O–H groups in total. The number of hydrogen-bond acceptors (Lipinski definition) is 5. The molecule has 1 saturated heterocycles. The second kappa shape index (κ2) is 11.7. The van der Waals surface area contributed by atoms with Gasteiger partial charge >= 0.3 is 5.97 Å². The van der Waals surface area contributed by atoms with E-state index in [9.17, 15) is 18.0 Å². The molecule has 0 atom stereocenters. The van der Waals surface area contributed by atoms with Crippen molar-refractivity contribution in [2.45, 2.75) is 50.3 Å². The van der Waals surface area contributed by atoms with Gasteiger partial charge in [-0.25, -0.2) is 13.2 Å². The summed E-state index contributed by atoms with van der Waals surface area (Å²) in [6.07, 6.45) is 8.50. The van der Waals surface area contributed by atoms with Gasteiger partial charge in [-0.1, -0.05) is 38.3 Å². The van der Waals surface area contributed by atoms with Gasteiger partial charge in [0.15, 0.2) is 6.61 Å². The maximum Gasteiger partial charge on any atom is 0.331 e. The van der Waals surface area contributed by atoms with Crippen LogP contribution in [-0.2, 0) is 24.3 Å². The fraction of sp³-hybridized carbons (Fsp3) is 0.524. The van der Waals surface area contributed by atoms with E-state index in [1.165, 1.54) is 12.2 Å². The number of nitrogens with one attached hydrogen (secondary N) is 1. The van der Waals surface area contributed by atoms with Crippen molar-refractivity contribution in [3.05, 3.63) is 35.9 Å². The van der Waals surface area contributed by atoms with Crippen LogP contribution in [0.5, 0.6) is 0 Å². The molecule has 0 unspecified atom stereocenters. The Balaban J connectivity index is 1.87. The minimum absolute atomic E-state index is 0.253. The van der Waals surface area contributed by atoms with Crippen LogP contribution in [0.3, 0.4) is 0 Å². The van der Waals surface area contributed by atoms with Crippen LogP contribution in [0.1, 0.15) is 51.0 Å². The van der Waals surface area contributed by atoms with Gasteiger partial charge in [-0.3, -0.25) is 4.79 Å². The number of ether oxygens (including phenoxy) is 1. The molecule has 160 valence electrons. The molecule has 29 heavy (non-hydrogen) atoms. The molecule has 1 aliphatic rings. The molecule has 1 aliphatic heterocycles. The van der Waals surface area contributed by atoms with Crippen LogP contribution in [0.4, 0.5) is 0 Å². The van der Waals surface area contributed by atoms with Gasteiger partial charge in [0.2, 0.25) is 10.0 Å². The average molecular weight is 423 g/mol. The van der Waals surface area contributed by atoms with Crippen molar-refractivity contribution < 1.29 is 22.7 Å². The maximum absolute atomic E-state index is 12.8. The van der Waals surface area contributed by atoms with Crippen molar-refractivity contribution in [2.75, 3.05) is 26.2 Å². The number of carbonyl (C=O) groups excluding carboxylic acids is 2. The van der Waals surface area contributed by atoms with Crippen LogP contribution in [0, 0.1) is 0 Å². The first kappa shape index (κ1) is 23.1. The van der Waals surface area contributed by atoms with Crippen LogP contribution in [0.25, 0.3) is 6.08 Å². The Labute approximate surface area is 173 Å². The van der Waals surface area contributed by atoms with Gasteiger partial charge in [0, 0.05) is 25.7 Å². The standard InChI is InChI=1S/C21H30N2O5S/c1-2-3-14-22-20(24)17-28-21(25)13-10-18-8-11-19(12-9-18)29(26,27)23-15-6-4-5-7-16-23/h8-13H,2-7,14-17H2,1H3,(H,22,24)/b13-10+. The molecule has 7 nitrogen and oxygen atoms in total. The summed E-state index contributed by atoms with van der Waals surface area (Å²) in [5, 5.41) is 2.66. The maximum atomic E-state index is 12.8. The molecule has 8 heteroatoms. The van der Waals surface area contributed by atoms with E-state index in [0.29, 0.717) is 25.2 Å². The fourth-order valence-electron chi connectivity index (χ4n) is 2.99. The predicted molar refractivity (Wildman–Crippen MR) is 112 cm³/mol. The lowest BCUT2D eigenvalue weighted by atomic mass is 10.2. The third-order valence-electron chi connectivity index (χ3n) is 4.69. The van der Waals surface area contributed by atoms with Gasteiger partial charge < -0.3 is 10.1 Å². The minimum Gasteiger partial charge on any atom is -0.452 e. The molecule has 0 spiro atoms. The van der Waals surface area contributed by atoms with Crippen molar-refractivity contribution in [2.24, 2.45) is 0 Å². The van der Waals surface area contributed by atoms with Gasteiger partial charge in [0.05, 0.1) is 4.90 Å². The number of rotatable bonds is 9. The van der Waals surface area contributed by atoms with Crippen molar-refractivity contribution >= 4 is 28.0 Å². The van der Waals surface area contributed by atoms with Crippen LogP contribution >= 0.6 is 0 Å².